The first-order valence-corrected chi connectivity index (χ1v) is 5.52. The minimum Gasteiger partial charge on any atom is -0.399 e. The molecule has 0 heterocycles. The van der Waals surface area contributed by atoms with Gasteiger partial charge in [-0.05, 0) is 58.4 Å². The van der Waals surface area contributed by atoms with E-state index in [0.29, 0.717) is 10.2 Å². The van der Waals surface area contributed by atoms with Gasteiger partial charge in [-0.15, -0.1) is 0 Å². The molecule has 0 saturated heterocycles. The topological polar surface area (TPSA) is 38.0 Å². The van der Waals surface area contributed by atoms with Gasteiger partial charge in [0, 0.05) is 17.1 Å². The van der Waals surface area contributed by atoms with Crippen molar-refractivity contribution in [2.45, 2.75) is 0 Å². The number of nitrogen functional groups attached to an aromatic ring is 1. The van der Waals surface area contributed by atoms with Crippen LogP contribution < -0.4 is 11.1 Å². The molecule has 0 bridgehead atoms. The summed E-state index contributed by atoms with van der Waals surface area (Å²) < 4.78 is 13.4. The van der Waals surface area contributed by atoms with Gasteiger partial charge in [0.2, 0.25) is 0 Å². The van der Waals surface area contributed by atoms with Gasteiger partial charge in [0.1, 0.15) is 5.82 Å². The van der Waals surface area contributed by atoms with Crippen LogP contribution in [-0.4, -0.2) is 0 Å². The fourth-order valence-corrected chi connectivity index (χ4v) is 1.69. The van der Waals surface area contributed by atoms with E-state index in [9.17, 15) is 4.39 Å². The van der Waals surface area contributed by atoms with Crippen LogP contribution in [0.1, 0.15) is 0 Å². The fourth-order valence-electron chi connectivity index (χ4n) is 1.31. The van der Waals surface area contributed by atoms with Crippen molar-refractivity contribution in [1.82, 2.24) is 0 Å². The lowest BCUT2D eigenvalue weighted by atomic mass is 10.2. The normalized spacial score (nSPS) is 10.1. The van der Waals surface area contributed by atoms with E-state index in [4.69, 9.17) is 5.73 Å². The summed E-state index contributed by atoms with van der Waals surface area (Å²) in [7, 11) is 0. The molecule has 0 aromatic heterocycles. The molecular weight excluding hydrogens is 271 g/mol. The summed E-state index contributed by atoms with van der Waals surface area (Å²) in [6.45, 7) is 0. The molecule has 4 heteroatoms. The highest BCUT2D eigenvalue weighted by Crippen LogP contribution is 2.23. The van der Waals surface area contributed by atoms with Gasteiger partial charge in [-0.3, -0.25) is 0 Å². The Morgan fingerprint density at radius 1 is 1.00 bits per heavy atom. The highest BCUT2D eigenvalue weighted by Gasteiger charge is 2.00. The number of nitrogens with one attached hydrogen (secondary N) is 1. The first kappa shape index (κ1) is 11.0. The Balaban J connectivity index is 2.20. The van der Waals surface area contributed by atoms with E-state index >= 15 is 0 Å². The summed E-state index contributed by atoms with van der Waals surface area (Å²) in [6.07, 6.45) is 0. The third kappa shape index (κ3) is 2.52. The maximum atomic E-state index is 13.0. The number of nitrogens with two attached hydrogens (primary N) is 1. The smallest absolute Gasteiger partial charge is 0.137 e. The molecule has 2 nitrogen and oxygen atoms in total. The zero-order valence-corrected chi connectivity index (χ0v) is 9.96. The molecule has 0 radical (unpaired) electrons. The average Bonchev–Trinajstić information content (AvgIpc) is 2.27. The van der Waals surface area contributed by atoms with E-state index in [1.165, 1.54) is 6.07 Å². The number of benzene rings is 2. The molecule has 82 valence electrons. The number of hydrogen-bond acceptors (Lipinski definition) is 2. The molecule has 0 aliphatic carbocycles. The van der Waals surface area contributed by atoms with E-state index in [2.05, 4.69) is 21.2 Å². The van der Waals surface area contributed by atoms with Gasteiger partial charge >= 0.3 is 0 Å². The van der Waals surface area contributed by atoms with Crippen molar-refractivity contribution in [3.8, 4) is 0 Å². The molecule has 0 fully saturated rings. The number of rotatable bonds is 2. The predicted octanol–water partition coefficient (Wildman–Crippen LogP) is 3.91. The van der Waals surface area contributed by atoms with Gasteiger partial charge in [0.15, 0.2) is 0 Å². The number of hydrogen-bond donors (Lipinski definition) is 2. The molecule has 0 saturated carbocycles. The third-order valence-electron chi connectivity index (χ3n) is 2.12. The monoisotopic (exact) mass is 280 g/mol. The molecular formula is C12H10BrFN2. The second kappa shape index (κ2) is 4.53. The lowest BCUT2D eigenvalue weighted by molar-refractivity contribution is 0.621. The maximum Gasteiger partial charge on any atom is 0.137 e. The Morgan fingerprint density at radius 3 is 2.25 bits per heavy atom. The van der Waals surface area contributed by atoms with E-state index in [1.54, 1.807) is 24.3 Å². The molecule has 0 atom stereocenters. The second-order valence-corrected chi connectivity index (χ2v) is 4.23. The maximum absolute atomic E-state index is 13.0. The second-order valence-electron chi connectivity index (χ2n) is 3.38. The van der Waals surface area contributed by atoms with Crippen molar-refractivity contribution in [1.29, 1.82) is 0 Å². The summed E-state index contributed by atoms with van der Waals surface area (Å²) in [6, 6.07) is 12.1. The van der Waals surface area contributed by atoms with Crippen LogP contribution in [0.2, 0.25) is 0 Å². The number of halogens is 2. The lowest BCUT2D eigenvalue weighted by Gasteiger charge is -2.07. The summed E-state index contributed by atoms with van der Waals surface area (Å²) in [4.78, 5) is 0. The highest BCUT2D eigenvalue weighted by molar-refractivity contribution is 9.10. The summed E-state index contributed by atoms with van der Waals surface area (Å²) >= 11 is 3.14. The van der Waals surface area contributed by atoms with Crippen LogP contribution in [0.15, 0.2) is 46.9 Å². The molecule has 2 aromatic carbocycles. The van der Waals surface area contributed by atoms with Crippen LogP contribution >= 0.6 is 15.9 Å². The van der Waals surface area contributed by atoms with Crippen LogP contribution in [0.25, 0.3) is 0 Å². The van der Waals surface area contributed by atoms with Gasteiger partial charge in [-0.1, -0.05) is 0 Å². The average molecular weight is 281 g/mol. The van der Waals surface area contributed by atoms with E-state index < -0.39 is 0 Å². The fraction of sp³-hybridized carbons (Fsp3) is 0. The predicted molar refractivity (Wildman–Crippen MR) is 68.2 cm³/mol. The van der Waals surface area contributed by atoms with E-state index in [0.717, 1.165) is 11.4 Å². The Labute approximate surface area is 101 Å². The van der Waals surface area contributed by atoms with Crippen LogP contribution in [0.5, 0.6) is 0 Å². The first-order chi connectivity index (χ1) is 7.65. The van der Waals surface area contributed by atoms with Crippen molar-refractivity contribution < 1.29 is 4.39 Å². The summed E-state index contributed by atoms with van der Waals surface area (Å²) in [5.41, 5.74) is 8.02. The molecule has 2 rings (SSSR count). The Morgan fingerprint density at radius 2 is 1.62 bits per heavy atom. The molecule has 0 aliphatic heterocycles. The highest BCUT2D eigenvalue weighted by atomic mass is 79.9. The van der Waals surface area contributed by atoms with Gasteiger partial charge in [0.05, 0.1) is 4.47 Å². The minimum absolute atomic E-state index is 0.275. The molecule has 2 aromatic rings. The van der Waals surface area contributed by atoms with Crippen molar-refractivity contribution in [2.24, 2.45) is 0 Å². The van der Waals surface area contributed by atoms with E-state index in [-0.39, 0.29) is 5.82 Å². The van der Waals surface area contributed by atoms with Crippen LogP contribution in [0, 0.1) is 5.82 Å². The van der Waals surface area contributed by atoms with Crippen molar-refractivity contribution in [3.05, 3.63) is 52.8 Å². The van der Waals surface area contributed by atoms with Gasteiger partial charge in [-0.25, -0.2) is 4.39 Å². The van der Waals surface area contributed by atoms with Gasteiger partial charge in [0.25, 0.3) is 0 Å². The van der Waals surface area contributed by atoms with Gasteiger partial charge < -0.3 is 11.1 Å². The van der Waals surface area contributed by atoms with Crippen LogP contribution in [0.4, 0.5) is 21.5 Å². The van der Waals surface area contributed by atoms with Crippen LogP contribution in [0.3, 0.4) is 0 Å². The zero-order valence-electron chi connectivity index (χ0n) is 8.37. The quantitative estimate of drug-likeness (QED) is 0.819. The third-order valence-corrected chi connectivity index (χ3v) is 2.73. The summed E-state index contributed by atoms with van der Waals surface area (Å²) in [5.74, 6) is -0.275. The van der Waals surface area contributed by atoms with Gasteiger partial charge in [-0.2, -0.15) is 0 Å². The molecule has 0 spiro atoms. The zero-order chi connectivity index (χ0) is 11.5. The minimum atomic E-state index is -0.275. The SMILES string of the molecule is Nc1ccc(Nc2ccc(F)c(Br)c2)cc1. The molecule has 0 unspecified atom stereocenters. The van der Waals surface area contributed by atoms with Crippen molar-refractivity contribution in [3.63, 3.8) is 0 Å². The van der Waals surface area contributed by atoms with Crippen LogP contribution in [-0.2, 0) is 0 Å². The Bertz CT molecular complexity index is 497. The summed E-state index contributed by atoms with van der Waals surface area (Å²) in [5, 5.41) is 3.15. The molecule has 16 heavy (non-hydrogen) atoms. The lowest BCUT2D eigenvalue weighted by Crippen LogP contribution is -1.91. The first-order valence-electron chi connectivity index (χ1n) is 4.73. The largest absolute Gasteiger partial charge is 0.399 e. The van der Waals surface area contributed by atoms with Crippen molar-refractivity contribution >= 4 is 33.0 Å². The van der Waals surface area contributed by atoms with E-state index in [1.807, 2.05) is 12.1 Å². The Hall–Kier alpha value is -1.55. The molecule has 0 amide bonds. The molecule has 3 N–H and O–H groups in total. The standard InChI is InChI=1S/C12H10BrFN2/c13-11-7-10(5-6-12(11)14)16-9-3-1-8(15)2-4-9/h1-7,16H,15H2. The number of anilines is 3. The molecule has 0 aliphatic rings. The Kier molecular flexibility index (Phi) is 3.10. The van der Waals surface area contributed by atoms with Crippen molar-refractivity contribution in [2.75, 3.05) is 11.1 Å².